The van der Waals surface area contributed by atoms with Crippen LogP contribution in [0.25, 0.3) is 10.8 Å². The molecule has 2 aromatic carbocycles. The molecule has 0 unspecified atom stereocenters. The van der Waals surface area contributed by atoms with Crippen molar-refractivity contribution in [1.82, 2.24) is 4.90 Å². The summed E-state index contributed by atoms with van der Waals surface area (Å²) in [5.74, 6) is 0. The second-order valence-electron chi connectivity index (χ2n) is 5.53. The molecule has 3 N–H and O–H groups in total. The van der Waals surface area contributed by atoms with Gasteiger partial charge >= 0.3 is 6.03 Å². The molecule has 2 aromatic rings. The number of hydrogen-bond acceptors (Lipinski definition) is 2. The summed E-state index contributed by atoms with van der Waals surface area (Å²) in [6.45, 7) is 3.31. The summed E-state index contributed by atoms with van der Waals surface area (Å²) in [7, 11) is 0. The molecule has 1 saturated heterocycles. The predicted molar refractivity (Wildman–Crippen MR) is 81.7 cm³/mol. The smallest absolute Gasteiger partial charge is 0.321 e. The van der Waals surface area contributed by atoms with Gasteiger partial charge in [-0.15, -0.1) is 0 Å². The molecular formula is C16H19N3O. The largest absolute Gasteiger partial charge is 0.322 e. The van der Waals surface area contributed by atoms with Crippen molar-refractivity contribution in [3.05, 3.63) is 42.5 Å². The molecule has 3 rings (SSSR count). The van der Waals surface area contributed by atoms with Crippen LogP contribution in [-0.4, -0.2) is 29.6 Å². The standard InChI is InChI=1S/C16H19N3O/c1-2-16(17)10-19(11-16)15(20)18-14-9-5-7-12-6-3-4-8-13(12)14/h3-9H,2,10-11,17H2,1H3,(H,18,20). The van der Waals surface area contributed by atoms with Crippen LogP contribution in [0.2, 0.25) is 0 Å². The molecule has 2 amide bonds. The van der Waals surface area contributed by atoms with Gasteiger partial charge in [-0.05, 0) is 17.9 Å². The summed E-state index contributed by atoms with van der Waals surface area (Å²) in [6, 6.07) is 13.9. The highest BCUT2D eigenvalue weighted by Crippen LogP contribution is 2.26. The van der Waals surface area contributed by atoms with Crippen LogP contribution >= 0.6 is 0 Å². The third kappa shape index (κ3) is 2.23. The van der Waals surface area contributed by atoms with Gasteiger partial charge in [0, 0.05) is 18.5 Å². The lowest BCUT2D eigenvalue weighted by Crippen LogP contribution is -2.68. The maximum atomic E-state index is 12.2. The zero-order valence-corrected chi connectivity index (χ0v) is 11.6. The van der Waals surface area contributed by atoms with Crippen LogP contribution in [0.1, 0.15) is 13.3 Å². The van der Waals surface area contributed by atoms with Gasteiger partial charge in [0.25, 0.3) is 0 Å². The van der Waals surface area contributed by atoms with Crippen LogP contribution < -0.4 is 11.1 Å². The maximum Gasteiger partial charge on any atom is 0.321 e. The van der Waals surface area contributed by atoms with E-state index in [1.54, 1.807) is 4.90 Å². The first-order valence-corrected chi connectivity index (χ1v) is 6.94. The van der Waals surface area contributed by atoms with Crippen LogP contribution in [0.5, 0.6) is 0 Å². The minimum absolute atomic E-state index is 0.0733. The van der Waals surface area contributed by atoms with Crippen molar-refractivity contribution in [2.75, 3.05) is 18.4 Å². The van der Waals surface area contributed by atoms with Crippen molar-refractivity contribution in [3.8, 4) is 0 Å². The third-order valence-corrected chi connectivity index (χ3v) is 4.03. The van der Waals surface area contributed by atoms with Gasteiger partial charge in [0.2, 0.25) is 0 Å². The van der Waals surface area contributed by atoms with Crippen LogP contribution in [0, 0.1) is 0 Å². The molecule has 0 aliphatic carbocycles. The number of nitrogens with two attached hydrogens (primary N) is 1. The number of benzene rings is 2. The summed E-state index contributed by atoms with van der Waals surface area (Å²) in [6.07, 6.45) is 0.894. The van der Waals surface area contributed by atoms with Gasteiger partial charge in [0.1, 0.15) is 0 Å². The number of nitrogens with one attached hydrogen (secondary N) is 1. The van der Waals surface area contributed by atoms with E-state index in [9.17, 15) is 4.79 Å². The van der Waals surface area contributed by atoms with Crippen molar-refractivity contribution in [1.29, 1.82) is 0 Å². The molecule has 0 aromatic heterocycles. The number of hydrogen-bond donors (Lipinski definition) is 2. The van der Waals surface area contributed by atoms with E-state index in [0.717, 1.165) is 22.9 Å². The fourth-order valence-corrected chi connectivity index (χ4v) is 2.61. The van der Waals surface area contributed by atoms with E-state index in [0.29, 0.717) is 13.1 Å². The average molecular weight is 269 g/mol. The molecule has 1 aliphatic heterocycles. The van der Waals surface area contributed by atoms with E-state index in [2.05, 4.69) is 12.2 Å². The van der Waals surface area contributed by atoms with E-state index in [1.807, 2.05) is 42.5 Å². The Labute approximate surface area is 118 Å². The quantitative estimate of drug-likeness (QED) is 0.880. The minimum atomic E-state index is -0.198. The van der Waals surface area contributed by atoms with E-state index < -0.39 is 0 Å². The van der Waals surface area contributed by atoms with Crippen LogP contribution in [0.4, 0.5) is 10.5 Å². The minimum Gasteiger partial charge on any atom is -0.322 e. The Morgan fingerprint density at radius 3 is 2.70 bits per heavy atom. The summed E-state index contributed by atoms with van der Waals surface area (Å²) in [5, 5.41) is 5.16. The van der Waals surface area contributed by atoms with Crippen molar-refractivity contribution in [2.24, 2.45) is 5.73 Å². The Balaban J connectivity index is 1.76. The van der Waals surface area contributed by atoms with Crippen molar-refractivity contribution in [2.45, 2.75) is 18.9 Å². The molecule has 4 heteroatoms. The number of fused-ring (bicyclic) bond motifs is 1. The molecule has 0 radical (unpaired) electrons. The van der Waals surface area contributed by atoms with Crippen molar-refractivity contribution in [3.63, 3.8) is 0 Å². The highest BCUT2D eigenvalue weighted by molar-refractivity contribution is 6.01. The van der Waals surface area contributed by atoms with E-state index in [1.165, 1.54) is 0 Å². The molecule has 0 atom stereocenters. The summed E-state index contributed by atoms with van der Waals surface area (Å²) < 4.78 is 0. The number of carbonyl (C=O) groups excluding carboxylic acids is 1. The Kier molecular flexibility index (Phi) is 3.10. The molecule has 104 valence electrons. The van der Waals surface area contributed by atoms with Crippen molar-refractivity contribution >= 4 is 22.5 Å². The van der Waals surface area contributed by atoms with E-state index >= 15 is 0 Å². The Bertz CT molecular complexity index is 642. The first-order valence-electron chi connectivity index (χ1n) is 6.94. The second kappa shape index (κ2) is 4.80. The number of carbonyl (C=O) groups is 1. The fourth-order valence-electron chi connectivity index (χ4n) is 2.61. The Morgan fingerprint density at radius 1 is 1.25 bits per heavy atom. The molecular weight excluding hydrogens is 250 g/mol. The molecule has 0 saturated carbocycles. The number of amides is 2. The monoisotopic (exact) mass is 269 g/mol. The number of nitrogens with zero attached hydrogens (tertiary/aromatic N) is 1. The highest BCUT2D eigenvalue weighted by atomic mass is 16.2. The zero-order valence-electron chi connectivity index (χ0n) is 11.6. The first kappa shape index (κ1) is 12.9. The predicted octanol–water partition coefficient (Wildman–Crippen LogP) is 2.79. The Hall–Kier alpha value is -2.07. The lowest BCUT2D eigenvalue weighted by Gasteiger charge is -2.47. The SMILES string of the molecule is CCC1(N)CN(C(=O)Nc2cccc3ccccc23)C1. The Morgan fingerprint density at radius 2 is 1.95 bits per heavy atom. The van der Waals surface area contributed by atoms with Gasteiger partial charge in [-0.1, -0.05) is 43.3 Å². The highest BCUT2D eigenvalue weighted by Gasteiger charge is 2.40. The number of likely N-dealkylation sites (tertiary alicyclic amines) is 1. The van der Waals surface area contributed by atoms with Crippen molar-refractivity contribution < 1.29 is 4.79 Å². The number of anilines is 1. The maximum absolute atomic E-state index is 12.2. The third-order valence-electron chi connectivity index (χ3n) is 4.03. The van der Waals surface area contributed by atoms with Gasteiger partial charge in [0.15, 0.2) is 0 Å². The van der Waals surface area contributed by atoms with Crippen LogP contribution in [0.3, 0.4) is 0 Å². The molecule has 1 heterocycles. The summed E-state index contributed by atoms with van der Waals surface area (Å²) in [4.78, 5) is 14.0. The van der Waals surface area contributed by atoms with Gasteiger partial charge in [-0.2, -0.15) is 0 Å². The van der Waals surface area contributed by atoms with Gasteiger partial charge in [0.05, 0.1) is 11.2 Å². The average Bonchev–Trinajstić information content (AvgIpc) is 2.44. The molecule has 0 bridgehead atoms. The molecule has 1 fully saturated rings. The van der Waals surface area contributed by atoms with Crippen LogP contribution in [-0.2, 0) is 0 Å². The normalized spacial score (nSPS) is 16.8. The van der Waals surface area contributed by atoms with E-state index in [4.69, 9.17) is 5.73 Å². The summed E-state index contributed by atoms with van der Waals surface area (Å²) in [5.41, 5.74) is 6.74. The number of rotatable bonds is 2. The topological polar surface area (TPSA) is 58.4 Å². The fraction of sp³-hybridized carbons (Fsp3) is 0.312. The van der Waals surface area contributed by atoms with Gasteiger partial charge < -0.3 is 16.0 Å². The van der Waals surface area contributed by atoms with E-state index in [-0.39, 0.29) is 11.6 Å². The number of urea groups is 1. The molecule has 4 nitrogen and oxygen atoms in total. The van der Waals surface area contributed by atoms with Gasteiger partial charge in [-0.25, -0.2) is 4.79 Å². The lowest BCUT2D eigenvalue weighted by molar-refractivity contribution is 0.102. The first-order chi connectivity index (χ1) is 9.61. The molecule has 0 spiro atoms. The second-order valence-corrected chi connectivity index (χ2v) is 5.53. The van der Waals surface area contributed by atoms with Gasteiger partial charge in [-0.3, -0.25) is 0 Å². The lowest BCUT2D eigenvalue weighted by atomic mass is 9.89. The molecule has 1 aliphatic rings. The zero-order chi connectivity index (χ0) is 14.2. The molecule has 20 heavy (non-hydrogen) atoms. The van der Waals surface area contributed by atoms with Crippen LogP contribution in [0.15, 0.2) is 42.5 Å². The summed E-state index contributed by atoms with van der Waals surface area (Å²) >= 11 is 0.